The van der Waals surface area contributed by atoms with Gasteiger partial charge in [-0.1, -0.05) is 38.3 Å². The molecule has 160 valence electrons. The van der Waals surface area contributed by atoms with Crippen LogP contribution >= 0.6 is 7.82 Å². The summed E-state index contributed by atoms with van der Waals surface area (Å²) in [6.45, 7) is 2.62. The van der Waals surface area contributed by atoms with Gasteiger partial charge in [0.25, 0.3) is 0 Å². The monoisotopic (exact) mass is 408 g/mol. The maximum Gasteiger partial charge on any atom is 0.472 e. The van der Waals surface area contributed by atoms with E-state index in [9.17, 15) is 14.3 Å². The molecule has 0 aliphatic heterocycles. The minimum absolute atomic E-state index is 0.0498. The van der Waals surface area contributed by atoms with Gasteiger partial charge in [0.15, 0.2) is 0 Å². The molecule has 1 atom stereocenters. The molecule has 7 nitrogen and oxygen atoms in total. The first kappa shape index (κ1) is 26.3. The van der Waals surface area contributed by atoms with Gasteiger partial charge in [0.2, 0.25) is 0 Å². The molecule has 27 heavy (non-hydrogen) atoms. The van der Waals surface area contributed by atoms with Crippen molar-refractivity contribution >= 4 is 13.8 Å². The number of esters is 1. The summed E-state index contributed by atoms with van der Waals surface area (Å²) in [5.74, 6) is -0.303. The normalized spacial score (nSPS) is 14.4. The number of quaternary nitrogens is 1. The summed E-state index contributed by atoms with van der Waals surface area (Å²) < 4.78 is 26.9. The van der Waals surface area contributed by atoms with Crippen LogP contribution in [0.5, 0.6) is 0 Å². The molecule has 0 heterocycles. The van der Waals surface area contributed by atoms with Crippen LogP contribution < -0.4 is 0 Å². The van der Waals surface area contributed by atoms with Crippen molar-refractivity contribution in [2.45, 2.75) is 58.3 Å². The molecular formula is C19H39NO6P+. The number of nitrogens with zero attached hydrogens (tertiary/aromatic N) is 1. The smallest absolute Gasteiger partial charge is 0.463 e. The van der Waals surface area contributed by atoms with Gasteiger partial charge >= 0.3 is 13.8 Å². The van der Waals surface area contributed by atoms with Gasteiger partial charge in [-0.25, -0.2) is 4.57 Å². The highest BCUT2D eigenvalue weighted by atomic mass is 31.2. The average Bonchev–Trinajstić information content (AvgIpc) is 2.56. The lowest BCUT2D eigenvalue weighted by molar-refractivity contribution is -0.870. The van der Waals surface area contributed by atoms with Crippen molar-refractivity contribution in [1.29, 1.82) is 0 Å². The summed E-state index contributed by atoms with van der Waals surface area (Å²) in [5.41, 5.74) is 0. The highest BCUT2D eigenvalue weighted by molar-refractivity contribution is 7.47. The molecule has 1 N–H and O–H groups in total. The van der Waals surface area contributed by atoms with Gasteiger partial charge in [-0.15, -0.1) is 0 Å². The number of carbonyl (C=O) groups is 1. The SMILES string of the molecule is CC/C=C/CCCCCCCC(=O)OCCOP(=O)(O)OCC[N+](C)(C)C. The van der Waals surface area contributed by atoms with Crippen LogP contribution in [0.25, 0.3) is 0 Å². The van der Waals surface area contributed by atoms with Gasteiger partial charge in [-0.3, -0.25) is 13.8 Å². The number of hydrogen-bond donors (Lipinski definition) is 1. The number of carbonyl (C=O) groups excluding carboxylic acids is 1. The van der Waals surface area contributed by atoms with Gasteiger partial charge < -0.3 is 14.1 Å². The molecule has 0 aromatic heterocycles. The zero-order chi connectivity index (χ0) is 20.6. The molecule has 0 radical (unpaired) electrons. The number of ether oxygens (including phenoxy) is 1. The third kappa shape index (κ3) is 19.8. The first-order chi connectivity index (χ1) is 12.7. The molecule has 0 aromatic rings. The number of phosphoric acid groups is 1. The summed E-state index contributed by atoms with van der Waals surface area (Å²) in [6.07, 6.45) is 12.3. The van der Waals surface area contributed by atoms with Crippen molar-refractivity contribution in [3.63, 3.8) is 0 Å². The molecule has 8 heteroatoms. The van der Waals surface area contributed by atoms with E-state index in [1.807, 2.05) is 21.1 Å². The first-order valence-electron chi connectivity index (χ1n) is 9.89. The van der Waals surface area contributed by atoms with Gasteiger partial charge in [0, 0.05) is 6.42 Å². The third-order valence-electron chi connectivity index (χ3n) is 3.77. The largest absolute Gasteiger partial charge is 0.472 e. The van der Waals surface area contributed by atoms with E-state index >= 15 is 0 Å². The lowest BCUT2D eigenvalue weighted by Crippen LogP contribution is -2.37. The van der Waals surface area contributed by atoms with Crippen molar-refractivity contribution in [2.24, 2.45) is 0 Å². The Morgan fingerprint density at radius 1 is 0.963 bits per heavy atom. The first-order valence-corrected chi connectivity index (χ1v) is 11.4. The van der Waals surface area contributed by atoms with E-state index in [0.29, 0.717) is 17.4 Å². The second-order valence-electron chi connectivity index (χ2n) is 7.56. The van der Waals surface area contributed by atoms with Crippen LogP contribution in [-0.4, -0.2) is 62.9 Å². The van der Waals surface area contributed by atoms with Crippen LogP contribution in [0, 0.1) is 0 Å². The van der Waals surface area contributed by atoms with Crippen molar-refractivity contribution in [1.82, 2.24) is 0 Å². The highest BCUT2D eigenvalue weighted by Crippen LogP contribution is 2.42. The number of rotatable bonds is 17. The number of unbranched alkanes of at least 4 members (excludes halogenated alkanes) is 5. The number of likely N-dealkylation sites (N-methyl/N-ethyl adjacent to an activating group) is 1. The summed E-state index contributed by atoms with van der Waals surface area (Å²) in [4.78, 5) is 21.1. The van der Waals surface area contributed by atoms with Gasteiger partial charge in [0.1, 0.15) is 19.8 Å². The van der Waals surface area contributed by atoms with Gasteiger partial charge in [0.05, 0.1) is 27.7 Å². The van der Waals surface area contributed by atoms with E-state index in [0.717, 1.165) is 32.1 Å². The van der Waals surface area contributed by atoms with Crippen LogP contribution in [0.3, 0.4) is 0 Å². The minimum Gasteiger partial charge on any atom is -0.463 e. The fourth-order valence-electron chi connectivity index (χ4n) is 2.19. The Morgan fingerprint density at radius 3 is 2.26 bits per heavy atom. The average molecular weight is 408 g/mol. The molecule has 0 bridgehead atoms. The van der Waals surface area contributed by atoms with Crippen LogP contribution in [0.4, 0.5) is 0 Å². The molecule has 0 aromatic carbocycles. The molecule has 0 aliphatic rings. The Hall–Kier alpha value is -0.720. The van der Waals surface area contributed by atoms with Crippen LogP contribution in [0.1, 0.15) is 58.3 Å². The summed E-state index contributed by atoms with van der Waals surface area (Å²) in [6, 6.07) is 0. The molecule has 0 spiro atoms. The number of allylic oxidation sites excluding steroid dienone is 2. The van der Waals surface area contributed by atoms with E-state index in [1.165, 1.54) is 12.8 Å². The van der Waals surface area contributed by atoms with E-state index in [1.54, 1.807) is 0 Å². The quantitative estimate of drug-likeness (QED) is 0.128. The molecule has 0 saturated carbocycles. The van der Waals surface area contributed by atoms with Gasteiger partial charge in [-0.05, 0) is 25.7 Å². The van der Waals surface area contributed by atoms with Crippen LogP contribution in [0.2, 0.25) is 0 Å². The standard InChI is InChI=1S/C19H38NO6P/c1-5-6-7-8-9-10-11-12-13-14-19(21)24-17-18-26-27(22,23)25-16-15-20(2,3)4/h6-7H,5,8-18H2,1-4H3/p+1/b7-6+. The molecule has 0 saturated heterocycles. The molecular weight excluding hydrogens is 369 g/mol. The number of phosphoric ester groups is 1. The lowest BCUT2D eigenvalue weighted by Gasteiger charge is -2.23. The Bertz CT molecular complexity index is 462. The fraction of sp³-hybridized carbons (Fsp3) is 0.842. The Labute approximate surface area is 164 Å². The predicted octanol–water partition coefficient (Wildman–Crippen LogP) is 4.07. The van der Waals surface area contributed by atoms with Crippen LogP contribution in [0.15, 0.2) is 12.2 Å². The van der Waals surface area contributed by atoms with E-state index in [4.69, 9.17) is 13.8 Å². The second kappa shape index (κ2) is 15.2. The van der Waals surface area contributed by atoms with Crippen molar-refractivity contribution in [3.05, 3.63) is 12.2 Å². The van der Waals surface area contributed by atoms with Crippen LogP contribution in [-0.2, 0) is 23.1 Å². The van der Waals surface area contributed by atoms with E-state index < -0.39 is 7.82 Å². The van der Waals surface area contributed by atoms with Crippen molar-refractivity contribution in [3.8, 4) is 0 Å². The fourth-order valence-corrected chi connectivity index (χ4v) is 2.89. The molecule has 0 aliphatic carbocycles. The third-order valence-corrected chi connectivity index (χ3v) is 4.79. The van der Waals surface area contributed by atoms with Crippen molar-refractivity contribution in [2.75, 3.05) is 47.5 Å². The molecule has 1 unspecified atom stereocenters. The molecule has 0 fully saturated rings. The van der Waals surface area contributed by atoms with Crippen molar-refractivity contribution < 1.29 is 32.5 Å². The van der Waals surface area contributed by atoms with E-state index in [-0.39, 0.29) is 25.8 Å². The zero-order valence-corrected chi connectivity index (χ0v) is 18.4. The maximum absolute atomic E-state index is 11.7. The lowest BCUT2D eigenvalue weighted by atomic mass is 10.1. The van der Waals surface area contributed by atoms with Gasteiger partial charge in [-0.2, -0.15) is 0 Å². The second-order valence-corrected chi connectivity index (χ2v) is 9.01. The predicted molar refractivity (Wildman–Crippen MR) is 107 cm³/mol. The minimum atomic E-state index is -4.09. The number of hydrogen-bond acceptors (Lipinski definition) is 5. The van der Waals surface area contributed by atoms with E-state index in [2.05, 4.69) is 19.1 Å². The molecule has 0 rings (SSSR count). The summed E-state index contributed by atoms with van der Waals surface area (Å²) >= 11 is 0. The zero-order valence-electron chi connectivity index (χ0n) is 17.5. The Kier molecular flexibility index (Phi) is 14.8. The highest BCUT2D eigenvalue weighted by Gasteiger charge is 2.22. The Balaban J connectivity index is 3.57. The Morgan fingerprint density at radius 2 is 1.59 bits per heavy atom. The summed E-state index contributed by atoms with van der Waals surface area (Å²) in [5, 5.41) is 0. The molecule has 0 amide bonds. The summed E-state index contributed by atoms with van der Waals surface area (Å²) in [7, 11) is 1.78. The topological polar surface area (TPSA) is 82.1 Å². The maximum atomic E-state index is 11.7.